The molecule has 2 fully saturated rings. The first-order valence-corrected chi connectivity index (χ1v) is 11.2. The molecule has 0 bridgehead atoms. The maximum absolute atomic E-state index is 14.2. The predicted molar refractivity (Wildman–Crippen MR) is 114 cm³/mol. The van der Waals surface area contributed by atoms with Gasteiger partial charge in [-0.2, -0.15) is 0 Å². The van der Waals surface area contributed by atoms with Crippen molar-refractivity contribution in [3.8, 4) is 0 Å². The first-order valence-electron chi connectivity index (χ1n) is 11.2. The van der Waals surface area contributed by atoms with E-state index in [-0.39, 0.29) is 23.9 Å². The van der Waals surface area contributed by atoms with Crippen LogP contribution in [0.1, 0.15) is 63.5 Å². The zero-order valence-corrected chi connectivity index (χ0v) is 17.8. The molecule has 0 unspecified atom stereocenters. The molecule has 1 aliphatic heterocycles. The molecule has 0 atom stereocenters. The van der Waals surface area contributed by atoms with Gasteiger partial charge in [0.05, 0.1) is 17.1 Å². The van der Waals surface area contributed by atoms with Gasteiger partial charge in [0.25, 0.3) is 0 Å². The minimum absolute atomic E-state index is 0.0298. The van der Waals surface area contributed by atoms with Crippen molar-refractivity contribution >= 4 is 11.0 Å². The highest BCUT2D eigenvalue weighted by Crippen LogP contribution is 2.38. The average Bonchev–Trinajstić information content (AvgIpc) is 3.07. The van der Waals surface area contributed by atoms with Gasteiger partial charge in [0.1, 0.15) is 6.67 Å². The maximum atomic E-state index is 14.2. The molecule has 2 aliphatic rings. The van der Waals surface area contributed by atoms with Gasteiger partial charge in [-0.15, -0.1) is 0 Å². The van der Waals surface area contributed by atoms with E-state index in [1.54, 1.807) is 0 Å². The first kappa shape index (κ1) is 20.6. The van der Waals surface area contributed by atoms with Crippen molar-refractivity contribution in [3.05, 3.63) is 34.2 Å². The molecule has 0 amide bonds. The molecule has 0 spiro atoms. The van der Waals surface area contributed by atoms with Crippen LogP contribution < -0.4 is 5.69 Å². The molecule has 4 rings (SSSR count). The van der Waals surface area contributed by atoms with Gasteiger partial charge in [-0.05, 0) is 69.6 Å². The number of ether oxygens (including phenoxy) is 1. The van der Waals surface area contributed by atoms with Crippen molar-refractivity contribution in [3.63, 3.8) is 0 Å². The standard InChI is InChI=1S/C23H34FN3O2/c1-3-14-29-19-6-10-23(16-24,11-7-19)26-12-8-18(9-13-26)27-21-15-17(2)4-5-20(21)25-22(27)28/h4-5,15,18-19H,3,6-14,16H2,1-2H3,(H,25,28). The van der Waals surface area contributed by atoms with E-state index in [4.69, 9.17) is 4.74 Å². The SMILES string of the molecule is CCCOC1CCC(CF)(N2CCC(n3c(=O)[nH]c4ccc(C)cc43)CC2)CC1. The normalized spacial score (nSPS) is 26.9. The number of nitrogens with one attached hydrogen (secondary N) is 1. The van der Waals surface area contributed by atoms with Crippen molar-refractivity contribution in [2.45, 2.75) is 76.5 Å². The number of aromatic amines is 1. The molecule has 29 heavy (non-hydrogen) atoms. The summed E-state index contributed by atoms with van der Waals surface area (Å²) in [4.78, 5) is 17.9. The number of halogens is 1. The molecule has 0 radical (unpaired) electrons. The first-order chi connectivity index (χ1) is 14.1. The third-order valence-corrected chi connectivity index (χ3v) is 7.04. The highest BCUT2D eigenvalue weighted by molar-refractivity contribution is 5.76. The van der Waals surface area contributed by atoms with E-state index in [9.17, 15) is 9.18 Å². The van der Waals surface area contributed by atoms with Gasteiger partial charge in [-0.25, -0.2) is 9.18 Å². The summed E-state index contributed by atoms with van der Waals surface area (Å²) in [5.41, 5.74) is 2.67. The minimum atomic E-state index is -0.335. The number of hydrogen-bond acceptors (Lipinski definition) is 3. The fourth-order valence-corrected chi connectivity index (χ4v) is 5.31. The Bertz CT molecular complexity index is 874. The van der Waals surface area contributed by atoms with Crippen LogP contribution in [0.5, 0.6) is 0 Å². The van der Waals surface area contributed by atoms with Crippen molar-refractivity contribution in [1.29, 1.82) is 0 Å². The van der Waals surface area contributed by atoms with Crippen LogP contribution in [0.25, 0.3) is 11.0 Å². The summed E-state index contributed by atoms with van der Waals surface area (Å²) in [6.45, 7) is 6.39. The number of fused-ring (bicyclic) bond motifs is 1. The third kappa shape index (κ3) is 4.02. The summed E-state index contributed by atoms with van der Waals surface area (Å²) in [5.74, 6) is 0. The minimum Gasteiger partial charge on any atom is -0.378 e. The average molecular weight is 404 g/mol. The summed E-state index contributed by atoms with van der Waals surface area (Å²) in [7, 11) is 0. The van der Waals surface area contributed by atoms with Crippen molar-refractivity contribution < 1.29 is 9.13 Å². The van der Waals surface area contributed by atoms with Crippen LogP contribution >= 0.6 is 0 Å². The Hall–Kier alpha value is -1.66. The zero-order valence-electron chi connectivity index (χ0n) is 17.8. The Morgan fingerprint density at radius 1 is 1.21 bits per heavy atom. The molecule has 5 nitrogen and oxygen atoms in total. The van der Waals surface area contributed by atoms with Crippen LogP contribution in [0.3, 0.4) is 0 Å². The van der Waals surface area contributed by atoms with Crippen LogP contribution in [0.15, 0.2) is 23.0 Å². The number of alkyl halides is 1. The summed E-state index contributed by atoms with van der Waals surface area (Å²) in [5, 5.41) is 0. The fourth-order valence-electron chi connectivity index (χ4n) is 5.31. The number of piperidine rings is 1. The second-order valence-electron chi connectivity index (χ2n) is 8.97. The van der Waals surface area contributed by atoms with Crippen LogP contribution in [0.4, 0.5) is 4.39 Å². The number of aryl methyl sites for hydroxylation is 1. The molecule has 2 heterocycles. The lowest BCUT2D eigenvalue weighted by molar-refractivity contribution is -0.0470. The zero-order chi connectivity index (χ0) is 20.4. The number of hydrogen-bond donors (Lipinski definition) is 1. The molecule has 1 aromatic carbocycles. The van der Waals surface area contributed by atoms with Crippen LogP contribution in [-0.2, 0) is 4.74 Å². The summed E-state index contributed by atoms with van der Waals surface area (Å²) < 4.78 is 22.1. The number of rotatable bonds is 6. The molecular formula is C23H34FN3O2. The van der Waals surface area contributed by atoms with E-state index in [2.05, 4.69) is 29.8 Å². The van der Waals surface area contributed by atoms with Gasteiger partial charge in [-0.1, -0.05) is 13.0 Å². The lowest BCUT2D eigenvalue weighted by atomic mass is 9.78. The number of benzene rings is 1. The quantitative estimate of drug-likeness (QED) is 0.780. The number of imidazole rings is 1. The maximum Gasteiger partial charge on any atom is 0.326 e. The molecule has 1 aromatic heterocycles. The van der Waals surface area contributed by atoms with E-state index in [1.807, 2.05) is 16.7 Å². The monoisotopic (exact) mass is 403 g/mol. The lowest BCUT2D eigenvalue weighted by Crippen LogP contribution is -2.56. The largest absolute Gasteiger partial charge is 0.378 e. The van der Waals surface area contributed by atoms with Gasteiger partial charge < -0.3 is 9.72 Å². The highest BCUT2D eigenvalue weighted by Gasteiger charge is 2.42. The Morgan fingerprint density at radius 3 is 2.59 bits per heavy atom. The van der Waals surface area contributed by atoms with Gasteiger partial charge in [0, 0.05) is 31.3 Å². The van der Waals surface area contributed by atoms with Gasteiger partial charge >= 0.3 is 5.69 Å². The highest BCUT2D eigenvalue weighted by atomic mass is 19.1. The molecule has 1 aliphatic carbocycles. The molecule has 1 saturated carbocycles. The summed E-state index contributed by atoms with van der Waals surface area (Å²) in [6.07, 6.45) is 6.74. The van der Waals surface area contributed by atoms with E-state index in [1.165, 1.54) is 0 Å². The van der Waals surface area contributed by atoms with E-state index in [0.717, 1.165) is 81.2 Å². The third-order valence-electron chi connectivity index (χ3n) is 7.04. The molecule has 6 heteroatoms. The van der Waals surface area contributed by atoms with Crippen molar-refractivity contribution in [1.82, 2.24) is 14.5 Å². The molecule has 1 saturated heterocycles. The topological polar surface area (TPSA) is 50.3 Å². The van der Waals surface area contributed by atoms with Gasteiger partial charge in [-0.3, -0.25) is 9.47 Å². The van der Waals surface area contributed by atoms with Crippen molar-refractivity contribution in [2.75, 3.05) is 26.4 Å². The van der Waals surface area contributed by atoms with E-state index < -0.39 is 0 Å². The Morgan fingerprint density at radius 2 is 1.93 bits per heavy atom. The number of nitrogens with zero attached hydrogens (tertiary/aromatic N) is 2. The van der Waals surface area contributed by atoms with Crippen LogP contribution in [0, 0.1) is 6.92 Å². The van der Waals surface area contributed by atoms with Crippen molar-refractivity contribution in [2.24, 2.45) is 0 Å². The number of likely N-dealkylation sites (tertiary alicyclic amines) is 1. The van der Waals surface area contributed by atoms with E-state index >= 15 is 0 Å². The smallest absolute Gasteiger partial charge is 0.326 e. The fraction of sp³-hybridized carbons (Fsp3) is 0.696. The predicted octanol–water partition coefficient (Wildman–Crippen LogP) is 4.35. The molecule has 160 valence electrons. The Kier molecular flexibility index (Phi) is 6.11. The van der Waals surface area contributed by atoms with Gasteiger partial charge in [0.15, 0.2) is 0 Å². The second-order valence-corrected chi connectivity index (χ2v) is 8.97. The molecular weight excluding hydrogens is 369 g/mol. The Labute approximate surface area is 172 Å². The van der Waals surface area contributed by atoms with Crippen LogP contribution in [-0.4, -0.2) is 52.5 Å². The number of aromatic nitrogens is 2. The molecule has 2 aromatic rings. The molecule has 1 N–H and O–H groups in total. The second kappa shape index (κ2) is 8.60. The van der Waals surface area contributed by atoms with Crippen LogP contribution in [0.2, 0.25) is 0 Å². The summed E-state index contributed by atoms with van der Waals surface area (Å²) >= 11 is 0. The van der Waals surface area contributed by atoms with Gasteiger partial charge in [0.2, 0.25) is 0 Å². The van der Waals surface area contributed by atoms with E-state index in [0.29, 0.717) is 6.10 Å². The summed E-state index contributed by atoms with van der Waals surface area (Å²) in [6, 6.07) is 6.27. The number of H-pyrrole nitrogens is 1. The Balaban J connectivity index is 1.44. The lowest BCUT2D eigenvalue weighted by Gasteiger charge is -2.49.